The van der Waals surface area contributed by atoms with E-state index < -0.39 is 10.0 Å². The van der Waals surface area contributed by atoms with Crippen LogP contribution >= 0.6 is 0 Å². The molecule has 20 heavy (non-hydrogen) atoms. The molecule has 108 valence electrons. The summed E-state index contributed by atoms with van der Waals surface area (Å²) in [5.74, 6) is 0.361. The lowest BCUT2D eigenvalue weighted by molar-refractivity contribution is 0.577. The molecule has 2 rings (SSSR count). The predicted molar refractivity (Wildman–Crippen MR) is 74.8 cm³/mol. The van der Waals surface area contributed by atoms with E-state index in [0.717, 1.165) is 5.56 Å². The van der Waals surface area contributed by atoms with Gasteiger partial charge >= 0.3 is 0 Å². The van der Waals surface area contributed by atoms with Gasteiger partial charge < -0.3 is 5.73 Å². The third-order valence-electron chi connectivity index (χ3n) is 2.71. The molecule has 1 heterocycles. The van der Waals surface area contributed by atoms with Crippen molar-refractivity contribution in [2.45, 2.75) is 18.8 Å². The lowest BCUT2D eigenvalue weighted by Gasteiger charge is -2.06. The normalized spacial score (nSPS) is 11.7. The van der Waals surface area contributed by atoms with Crippen LogP contribution in [0.2, 0.25) is 0 Å². The molecule has 0 spiro atoms. The number of sulfonamides is 1. The summed E-state index contributed by atoms with van der Waals surface area (Å²) in [6.07, 6.45) is 1.52. The van der Waals surface area contributed by atoms with Crippen LogP contribution in [0.5, 0.6) is 0 Å². The van der Waals surface area contributed by atoms with Gasteiger partial charge in [-0.15, -0.1) is 0 Å². The third-order valence-corrected chi connectivity index (χ3v) is 4.01. The summed E-state index contributed by atoms with van der Waals surface area (Å²) in [5, 5.41) is 4.01. The van der Waals surface area contributed by atoms with Gasteiger partial charge in [-0.3, -0.25) is 4.68 Å². The number of hydrogen-bond acceptors (Lipinski definition) is 5. The zero-order valence-corrected chi connectivity index (χ0v) is 12.0. The van der Waals surface area contributed by atoms with Crippen molar-refractivity contribution in [2.75, 3.05) is 0 Å². The van der Waals surface area contributed by atoms with E-state index in [1.54, 1.807) is 19.2 Å². The van der Waals surface area contributed by atoms with Crippen molar-refractivity contribution in [3.05, 3.63) is 47.5 Å². The predicted octanol–water partition coefficient (Wildman–Crippen LogP) is -0.107. The lowest BCUT2D eigenvalue weighted by Crippen LogP contribution is -2.25. The van der Waals surface area contributed by atoms with E-state index in [-0.39, 0.29) is 12.3 Å². The van der Waals surface area contributed by atoms with Crippen molar-refractivity contribution < 1.29 is 8.42 Å². The Morgan fingerprint density at radius 1 is 1.25 bits per heavy atom. The first-order valence-electron chi connectivity index (χ1n) is 6.08. The number of nitrogens with one attached hydrogen (secondary N) is 1. The lowest BCUT2D eigenvalue weighted by atomic mass is 10.1. The van der Waals surface area contributed by atoms with E-state index >= 15 is 0 Å². The maximum atomic E-state index is 11.9. The highest BCUT2D eigenvalue weighted by molar-refractivity contribution is 7.88. The number of nitrogens with zero attached hydrogens (tertiary/aromatic N) is 3. The highest BCUT2D eigenvalue weighted by atomic mass is 32.2. The van der Waals surface area contributed by atoms with Crippen LogP contribution in [-0.4, -0.2) is 23.2 Å². The van der Waals surface area contributed by atoms with Gasteiger partial charge in [0, 0.05) is 13.6 Å². The summed E-state index contributed by atoms with van der Waals surface area (Å²) in [4.78, 5) is 3.96. The Morgan fingerprint density at radius 3 is 2.45 bits per heavy atom. The first-order chi connectivity index (χ1) is 9.48. The Hall–Kier alpha value is -1.77. The van der Waals surface area contributed by atoms with Crippen molar-refractivity contribution in [2.24, 2.45) is 12.8 Å². The average molecular weight is 295 g/mol. The van der Waals surface area contributed by atoms with E-state index in [9.17, 15) is 8.42 Å². The van der Waals surface area contributed by atoms with Gasteiger partial charge in [0.2, 0.25) is 10.0 Å². The Labute approximate surface area is 117 Å². The van der Waals surface area contributed by atoms with Crippen LogP contribution in [0.4, 0.5) is 0 Å². The molecule has 0 aliphatic rings. The molecule has 3 N–H and O–H groups in total. The van der Waals surface area contributed by atoms with Crippen LogP contribution in [0.1, 0.15) is 17.0 Å². The van der Waals surface area contributed by atoms with Crippen LogP contribution in [0, 0.1) is 0 Å². The summed E-state index contributed by atoms with van der Waals surface area (Å²) in [5.41, 5.74) is 7.18. The number of nitrogens with two attached hydrogens (primary N) is 1. The second-order valence-electron chi connectivity index (χ2n) is 4.44. The maximum absolute atomic E-state index is 11.9. The molecule has 0 unspecified atom stereocenters. The molecule has 0 bridgehead atoms. The van der Waals surface area contributed by atoms with Gasteiger partial charge in [-0.1, -0.05) is 24.3 Å². The minimum absolute atomic E-state index is 0.0787. The Kier molecular flexibility index (Phi) is 4.48. The standard InChI is InChI=1S/C12H17N5O2S/c1-17-9-14-12(16-17)7-15-20(18,19)8-11-4-2-10(6-13)3-5-11/h2-5,9,15H,6-8,13H2,1H3. The number of aromatic nitrogens is 3. The molecule has 7 nitrogen and oxygen atoms in total. The SMILES string of the molecule is Cn1cnc(CNS(=O)(=O)Cc2ccc(CN)cc2)n1. The van der Waals surface area contributed by atoms with Gasteiger partial charge in [0.25, 0.3) is 0 Å². The fourth-order valence-corrected chi connectivity index (χ4v) is 2.76. The fraction of sp³-hybridized carbons (Fsp3) is 0.333. The number of benzene rings is 1. The van der Waals surface area contributed by atoms with Crippen LogP contribution in [0.3, 0.4) is 0 Å². The topological polar surface area (TPSA) is 103 Å². The van der Waals surface area contributed by atoms with Gasteiger partial charge in [0.15, 0.2) is 5.82 Å². The van der Waals surface area contributed by atoms with E-state index in [1.165, 1.54) is 11.0 Å². The molecule has 0 amide bonds. The largest absolute Gasteiger partial charge is 0.326 e. The monoisotopic (exact) mass is 295 g/mol. The van der Waals surface area contributed by atoms with Gasteiger partial charge in [0.1, 0.15) is 6.33 Å². The van der Waals surface area contributed by atoms with E-state index in [0.29, 0.717) is 17.9 Å². The van der Waals surface area contributed by atoms with Crippen LogP contribution in [-0.2, 0) is 35.9 Å². The van der Waals surface area contributed by atoms with Gasteiger partial charge in [-0.25, -0.2) is 18.1 Å². The number of aryl methyl sites for hydroxylation is 1. The Morgan fingerprint density at radius 2 is 1.90 bits per heavy atom. The third kappa shape index (κ3) is 4.12. The zero-order chi connectivity index (χ0) is 14.6. The van der Waals surface area contributed by atoms with Crippen molar-refractivity contribution in [3.63, 3.8) is 0 Å². The van der Waals surface area contributed by atoms with Gasteiger partial charge in [-0.05, 0) is 11.1 Å². The van der Waals surface area contributed by atoms with Crippen LogP contribution in [0.25, 0.3) is 0 Å². The molecular formula is C12H17N5O2S. The average Bonchev–Trinajstić information content (AvgIpc) is 2.83. The van der Waals surface area contributed by atoms with Crippen LogP contribution in [0.15, 0.2) is 30.6 Å². The molecule has 2 aromatic rings. The first-order valence-corrected chi connectivity index (χ1v) is 7.73. The van der Waals surface area contributed by atoms with E-state index in [4.69, 9.17) is 5.73 Å². The molecule has 0 aliphatic heterocycles. The molecule has 8 heteroatoms. The number of rotatable bonds is 6. The number of hydrogen-bond donors (Lipinski definition) is 2. The molecule has 0 saturated carbocycles. The van der Waals surface area contributed by atoms with Crippen LogP contribution < -0.4 is 10.5 Å². The molecular weight excluding hydrogens is 278 g/mol. The molecule has 0 saturated heterocycles. The fourth-order valence-electron chi connectivity index (χ4n) is 1.68. The quantitative estimate of drug-likeness (QED) is 0.774. The maximum Gasteiger partial charge on any atom is 0.216 e. The highest BCUT2D eigenvalue weighted by Gasteiger charge is 2.12. The minimum atomic E-state index is -3.41. The van der Waals surface area contributed by atoms with Gasteiger partial charge in [0.05, 0.1) is 12.3 Å². The minimum Gasteiger partial charge on any atom is -0.326 e. The smallest absolute Gasteiger partial charge is 0.216 e. The summed E-state index contributed by atoms with van der Waals surface area (Å²) in [6.45, 7) is 0.528. The van der Waals surface area contributed by atoms with Gasteiger partial charge in [-0.2, -0.15) is 5.10 Å². The molecule has 0 fully saturated rings. The van der Waals surface area contributed by atoms with Crippen molar-refractivity contribution in [1.29, 1.82) is 0 Å². The molecule has 0 atom stereocenters. The summed E-state index contributed by atoms with van der Waals surface area (Å²) >= 11 is 0. The summed E-state index contributed by atoms with van der Waals surface area (Å²) in [7, 11) is -1.69. The Balaban J connectivity index is 1.96. The molecule has 1 aromatic carbocycles. The van der Waals surface area contributed by atoms with Crippen molar-refractivity contribution in [3.8, 4) is 0 Å². The molecule has 1 aromatic heterocycles. The second-order valence-corrected chi connectivity index (χ2v) is 6.24. The zero-order valence-electron chi connectivity index (χ0n) is 11.2. The summed E-state index contributed by atoms with van der Waals surface area (Å²) < 4.78 is 27.9. The molecule has 0 radical (unpaired) electrons. The van der Waals surface area contributed by atoms with Crippen molar-refractivity contribution >= 4 is 10.0 Å². The highest BCUT2D eigenvalue weighted by Crippen LogP contribution is 2.07. The van der Waals surface area contributed by atoms with E-state index in [2.05, 4.69) is 14.8 Å². The van der Waals surface area contributed by atoms with Crippen molar-refractivity contribution in [1.82, 2.24) is 19.5 Å². The first kappa shape index (κ1) is 14.6. The summed E-state index contributed by atoms with van der Waals surface area (Å²) in [6, 6.07) is 7.18. The Bertz CT molecular complexity index is 663. The second kappa shape index (κ2) is 6.12. The van der Waals surface area contributed by atoms with E-state index in [1.807, 2.05) is 12.1 Å². The molecule has 0 aliphatic carbocycles.